The normalized spacial score (nSPS) is 11.4. The highest BCUT2D eigenvalue weighted by Gasteiger charge is 2.23. The average Bonchev–Trinajstić information content (AvgIpc) is 3.00. The standard InChI is InChI=1S/C15H18ClN3O4S/c1-2-3-7-13(20)17-9-14-18-19-15(23-14)24(21,22)10-11-5-4-6-12(16)8-11/h4-6,8H,2-3,7,9-10H2,1H3,(H,17,20). The summed E-state index contributed by atoms with van der Waals surface area (Å²) in [6, 6.07) is 6.53. The fourth-order valence-corrected chi connectivity index (χ4v) is 3.29. The van der Waals surface area contributed by atoms with Gasteiger partial charge in [-0.2, -0.15) is 0 Å². The largest absolute Gasteiger partial charge is 0.411 e. The molecule has 1 aromatic carbocycles. The maximum atomic E-state index is 12.3. The van der Waals surface area contributed by atoms with Crippen LogP contribution in [0.15, 0.2) is 33.9 Å². The molecule has 0 aliphatic heterocycles. The first-order valence-corrected chi connectivity index (χ1v) is 9.50. The zero-order valence-electron chi connectivity index (χ0n) is 13.2. The van der Waals surface area contributed by atoms with Crippen molar-refractivity contribution >= 4 is 27.3 Å². The quantitative estimate of drug-likeness (QED) is 0.764. The number of halogens is 1. The van der Waals surface area contributed by atoms with E-state index in [2.05, 4.69) is 15.5 Å². The molecule has 2 rings (SSSR count). The van der Waals surface area contributed by atoms with Crippen molar-refractivity contribution < 1.29 is 17.6 Å². The first-order valence-electron chi connectivity index (χ1n) is 7.47. The molecule has 7 nitrogen and oxygen atoms in total. The summed E-state index contributed by atoms with van der Waals surface area (Å²) in [5.41, 5.74) is 0.523. The highest BCUT2D eigenvalue weighted by molar-refractivity contribution is 7.90. The molecule has 0 spiro atoms. The summed E-state index contributed by atoms with van der Waals surface area (Å²) < 4.78 is 29.7. The summed E-state index contributed by atoms with van der Waals surface area (Å²) in [6.07, 6.45) is 2.11. The molecular weight excluding hydrogens is 354 g/mol. The summed E-state index contributed by atoms with van der Waals surface area (Å²) in [6.45, 7) is 1.99. The molecule has 24 heavy (non-hydrogen) atoms. The van der Waals surface area contributed by atoms with Crippen LogP contribution >= 0.6 is 11.6 Å². The monoisotopic (exact) mass is 371 g/mol. The van der Waals surface area contributed by atoms with Gasteiger partial charge in [0.25, 0.3) is 0 Å². The second kappa shape index (κ2) is 8.25. The van der Waals surface area contributed by atoms with Crippen LogP contribution in [0.3, 0.4) is 0 Å². The molecule has 130 valence electrons. The number of nitrogens with one attached hydrogen (secondary N) is 1. The lowest BCUT2D eigenvalue weighted by Gasteiger charge is -2.01. The van der Waals surface area contributed by atoms with Crippen molar-refractivity contribution in [3.63, 3.8) is 0 Å². The van der Waals surface area contributed by atoms with Gasteiger partial charge in [-0.05, 0) is 24.1 Å². The number of benzene rings is 1. The third kappa shape index (κ3) is 5.31. The van der Waals surface area contributed by atoms with Gasteiger partial charge in [-0.3, -0.25) is 4.79 Å². The van der Waals surface area contributed by atoms with Gasteiger partial charge in [-0.15, -0.1) is 5.10 Å². The van der Waals surface area contributed by atoms with Crippen LogP contribution in [0.5, 0.6) is 0 Å². The van der Waals surface area contributed by atoms with Crippen molar-refractivity contribution in [2.75, 3.05) is 0 Å². The maximum Gasteiger partial charge on any atom is 0.335 e. The van der Waals surface area contributed by atoms with Crippen LogP contribution in [0.4, 0.5) is 0 Å². The minimum Gasteiger partial charge on any atom is -0.411 e. The lowest BCUT2D eigenvalue weighted by Crippen LogP contribution is -2.22. The summed E-state index contributed by atoms with van der Waals surface area (Å²) >= 11 is 5.84. The van der Waals surface area contributed by atoms with Gasteiger partial charge in [0.15, 0.2) is 0 Å². The smallest absolute Gasteiger partial charge is 0.335 e. The van der Waals surface area contributed by atoms with Crippen LogP contribution < -0.4 is 5.32 Å². The van der Waals surface area contributed by atoms with E-state index in [1.165, 1.54) is 0 Å². The number of unbranched alkanes of at least 4 members (excludes halogenated alkanes) is 1. The Bertz CT molecular complexity index is 805. The van der Waals surface area contributed by atoms with Crippen molar-refractivity contribution in [3.05, 3.63) is 40.7 Å². The van der Waals surface area contributed by atoms with E-state index in [-0.39, 0.29) is 24.1 Å². The molecule has 2 aromatic rings. The van der Waals surface area contributed by atoms with Gasteiger partial charge in [0.2, 0.25) is 21.6 Å². The molecule has 1 heterocycles. The van der Waals surface area contributed by atoms with Crippen molar-refractivity contribution in [2.45, 2.75) is 43.7 Å². The first-order chi connectivity index (χ1) is 11.4. The Labute approximate surface area is 145 Å². The number of nitrogens with zero attached hydrogens (tertiary/aromatic N) is 2. The zero-order chi connectivity index (χ0) is 17.6. The number of carbonyl (C=O) groups is 1. The maximum absolute atomic E-state index is 12.3. The van der Waals surface area contributed by atoms with E-state index in [4.69, 9.17) is 16.0 Å². The molecule has 1 amide bonds. The fraction of sp³-hybridized carbons (Fsp3) is 0.400. The Morgan fingerprint density at radius 2 is 2.12 bits per heavy atom. The van der Waals surface area contributed by atoms with Gasteiger partial charge in [0, 0.05) is 11.4 Å². The van der Waals surface area contributed by atoms with Crippen LogP contribution in [0.2, 0.25) is 5.02 Å². The van der Waals surface area contributed by atoms with E-state index in [9.17, 15) is 13.2 Å². The van der Waals surface area contributed by atoms with Gasteiger partial charge >= 0.3 is 5.22 Å². The van der Waals surface area contributed by atoms with E-state index >= 15 is 0 Å². The minimum absolute atomic E-state index is 0.00222. The summed E-state index contributed by atoms with van der Waals surface area (Å²) in [7, 11) is -3.77. The molecule has 0 unspecified atom stereocenters. The number of amides is 1. The molecular formula is C15H18ClN3O4S. The topological polar surface area (TPSA) is 102 Å². The predicted octanol–water partition coefficient (Wildman–Crippen LogP) is 2.50. The highest BCUT2D eigenvalue weighted by atomic mass is 35.5. The van der Waals surface area contributed by atoms with E-state index < -0.39 is 15.1 Å². The summed E-state index contributed by atoms with van der Waals surface area (Å²) in [5.74, 6) is -0.388. The molecule has 0 radical (unpaired) electrons. The molecule has 0 aliphatic carbocycles. The molecule has 0 atom stereocenters. The van der Waals surface area contributed by atoms with E-state index in [1.54, 1.807) is 24.3 Å². The average molecular weight is 372 g/mol. The van der Waals surface area contributed by atoms with Crippen LogP contribution in [0, 0.1) is 0 Å². The Morgan fingerprint density at radius 1 is 1.33 bits per heavy atom. The van der Waals surface area contributed by atoms with Gasteiger partial charge in [0.1, 0.15) is 0 Å². The number of sulfone groups is 1. The molecule has 0 aliphatic rings. The lowest BCUT2D eigenvalue weighted by molar-refractivity contribution is -0.121. The highest BCUT2D eigenvalue weighted by Crippen LogP contribution is 2.18. The number of hydrogen-bond donors (Lipinski definition) is 1. The van der Waals surface area contributed by atoms with Crippen molar-refractivity contribution in [3.8, 4) is 0 Å². The van der Waals surface area contributed by atoms with Crippen LogP contribution in [-0.4, -0.2) is 24.5 Å². The van der Waals surface area contributed by atoms with Gasteiger partial charge in [0.05, 0.1) is 12.3 Å². The Morgan fingerprint density at radius 3 is 2.83 bits per heavy atom. The van der Waals surface area contributed by atoms with Crippen LogP contribution in [0.25, 0.3) is 0 Å². The van der Waals surface area contributed by atoms with Gasteiger partial charge < -0.3 is 9.73 Å². The minimum atomic E-state index is -3.77. The van der Waals surface area contributed by atoms with E-state index in [1.807, 2.05) is 6.92 Å². The zero-order valence-corrected chi connectivity index (χ0v) is 14.7. The SMILES string of the molecule is CCCCC(=O)NCc1nnc(S(=O)(=O)Cc2cccc(Cl)c2)o1. The third-order valence-corrected chi connectivity index (χ3v) is 4.80. The van der Waals surface area contributed by atoms with Crippen LogP contribution in [-0.2, 0) is 26.9 Å². The van der Waals surface area contributed by atoms with Gasteiger partial charge in [-0.25, -0.2) is 8.42 Å². The molecule has 0 bridgehead atoms. The number of aromatic nitrogens is 2. The number of rotatable bonds is 8. The second-order valence-corrected chi connectivity index (χ2v) is 7.53. The van der Waals surface area contributed by atoms with Crippen molar-refractivity contribution in [1.82, 2.24) is 15.5 Å². The second-order valence-electron chi connectivity index (χ2n) is 5.23. The van der Waals surface area contributed by atoms with E-state index in [0.29, 0.717) is 17.0 Å². The first kappa shape index (κ1) is 18.4. The molecule has 0 saturated carbocycles. The summed E-state index contributed by atoms with van der Waals surface area (Å²) in [5, 5.41) is 9.80. The number of carbonyl (C=O) groups excluding carboxylic acids is 1. The summed E-state index contributed by atoms with van der Waals surface area (Å²) in [4.78, 5) is 11.5. The molecule has 0 saturated heterocycles. The van der Waals surface area contributed by atoms with Crippen LogP contribution in [0.1, 0.15) is 37.6 Å². The van der Waals surface area contributed by atoms with E-state index in [0.717, 1.165) is 12.8 Å². The Hall–Kier alpha value is -1.93. The fourth-order valence-electron chi connectivity index (χ4n) is 1.94. The number of hydrogen-bond acceptors (Lipinski definition) is 6. The van der Waals surface area contributed by atoms with Crippen molar-refractivity contribution in [1.29, 1.82) is 0 Å². The predicted molar refractivity (Wildman–Crippen MR) is 88.0 cm³/mol. The molecule has 9 heteroatoms. The Kier molecular flexibility index (Phi) is 6.33. The molecule has 1 aromatic heterocycles. The lowest BCUT2D eigenvalue weighted by atomic mass is 10.2. The van der Waals surface area contributed by atoms with Gasteiger partial charge in [-0.1, -0.05) is 42.2 Å². The van der Waals surface area contributed by atoms with Crippen molar-refractivity contribution in [2.24, 2.45) is 0 Å². The Balaban J connectivity index is 1.99. The molecule has 0 fully saturated rings. The third-order valence-electron chi connectivity index (χ3n) is 3.15. The molecule has 1 N–H and O–H groups in total.